The molecule has 4 heteroatoms. The molecule has 1 saturated heterocycles. The Hall–Kier alpha value is -2.17. The van der Waals surface area contributed by atoms with Crippen LogP contribution in [0.2, 0.25) is 0 Å². The zero-order chi connectivity index (χ0) is 18.8. The molecule has 1 aliphatic heterocycles. The highest BCUT2D eigenvalue weighted by molar-refractivity contribution is 5.73. The molecule has 26 heavy (non-hydrogen) atoms. The minimum Gasteiger partial charge on any atom is -0.467 e. The molecule has 1 unspecified atom stereocenters. The Balaban J connectivity index is 2.05. The van der Waals surface area contributed by atoms with Gasteiger partial charge >= 0.3 is 5.97 Å². The van der Waals surface area contributed by atoms with Crippen LogP contribution in [0, 0.1) is 0 Å². The molecule has 0 spiro atoms. The zero-order valence-corrected chi connectivity index (χ0v) is 15.9. The summed E-state index contributed by atoms with van der Waals surface area (Å²) in [5.41, 5.74) is 1.68. The van der Waals surface area contributed by atoms with Crippen LogP contribution in [0.1, 0.15) is 44.7 Å². The second kappa shape index (κ2) is 7.22. The van der Waals surface area contributed by atoms with Crippen LogP contribution in [0.3, 0.4) is 0 Å². The lowest BCUT2D eigenvalue weighted by molar-refractivity contribution is -0.278. The van der Waals surface area contributed by atoms with Gasteiger partial charge in [-0.2, -0.15) is 5.06 Å². The fourth-order valence-corrected chi connectivity index (χ4v) is 3.95. The first kappa shape index (κ1) is 18.6. The van der Waals surface area contributed by atoms with E-state index in [1.54, 1.807) is 6.92 Å². The normalized spacial score (nSPS) is 27.2. The maximum absolute atomic E-state index is 12.0. The number of hydrogen-bond donors (Lipinski definition) is 0. The Morgan fingerprint density at radius 2 is 1.35 bits per heavy atom. The summed E-state index contributed by atoms with van der Waals surface area (Å²) >= 11 is 0. The van der Waals surface area contributed by atoms with Gasteiger partial charge in [0.05, 0.1) is 18.2 Å². The average Bonchev–Trinajstić information content (AvgIpc) is 2.96. The van der Waals surface area contributed by atoms with Crippen LogP contribution in [-0.4, -0.2) is 24.2 Å². The number of carbonyl (C=O) groups is 1. The van der Waals surface area contributed by atoms with Gasteiger partial charge in [-0.25, -0.2) is 4.79 Å². The smallest absolute Gasteiger partial charge is 0.336 e. The molecule has 0 saturated carbocycles. The third-order valence-corrected chi connectivity index (χ3v) is 5.58. The summed E-state index contributed by atoms with van der Waals surface area (Å²) in [5, 5.41) is 2.02. The number of hydrogen-bond acceptors (Lipinski definition) is 4. The Morgan fingerprint density at radius 1 is 0.923 bits per heavy atom. The first-order valence-electron chi connectivity index (χ1n) is 9.08. The quantitative estimate of drug-likeness (QED) is 0.747. The van der Waals surface area contributed by atoms with Crippen molar-refractivity contribution in [2.24, 2.45) is 0 Å². The van der Waals surface area contributed by atoms with Gasteiger partial charge in [0.25, 0.3) is 0 Å². The first-order chi connectivity index (χ1) is 12.4. The summed E-state index contributed by atoms with van der Waals surface area (Å²) in [5.74, 6) is -0.372. The van der Waals surface area contributed by atoms with E-state index in [1.165, 1.54) is 18.2 Å². The lowest BCUT2D eigenvalue weighted by Gasteiger charge is -2.44. The minimum atomic E-state index is -0.677. The van der Waals surface area contributed by atoms with Crippen LogP contribution in [0.5, 0.6) is 0 Å². The Labute approximate surface area is 155 Å². The molecule has 1 aliphatic rings. The van der Waals surface area contributed by atoms with Crippen LogP contribution in [0.4, 0.5) is 0 Å². The van der Waals surface area contributed by atoms with Crippen molar-refractivity contribution in [1.82, 2.24) is 5.06 Å². The molecule has 1 heterocycles. The van der Waals surface area contributed by atoms with Gasteiger partial charge in [0.2, 0.25) is 0 Å². The molecule has 3 atom stereocenters. The lowest BCUT2D eigenvalue weighted by Crippen LogP contribution is -2.50. The van der Waals surface area contributed by atoms with Gasteiger partial charge < -0.3 is 4.74 Å². The van der Waals surface area contributed by atoms with E-state index < -0.39 is 6.10 Å². The summed E-state index contributed by atoms with van der Waals surface area (Å²) in [6.07, 6.45) is 1.18. The number of carbonyl (C=O) groups excluding carboxylic acids is 1. The van der Waals surface area contributed by atoms with Crippen LogP contribution < -0.4 is 0 Å². The van der Waals surface area contributed by atoms with E-state index in [2.05, 4.69) is 38.1 Å². The van der Waals surface area contributed by atoms with E-state index in [4.69, 9.17) is 9.57 Å². The van der Waals surface area contributed by atoms with E-state index in [1.807, 2.05) is 41.5 Å². The minimum absolute atomic E-state index is 0.339. The first-order valence-corrected chi connectivity index (χ1v) is 9.08. The van der Waals surface area contributed by atoms with Crippen molar-refractivity contribution in [1.29, 1.82) is 0 Å². The van der Waals surface area contributed by atoms with Crippen LogP contribution >= 0.6 is 0 Å². The second-order valence-corrected chi connectivity index (χ2v) is 7.34. The van der Waals surface area contributed by atoms with Crippen molar-refractivity contribution < 1.29 is 14.4 Å². The standard InChI is InChI=1S/C22H27NO3/c1-17(20(24)25-4)26-23-21(2,18-11-7-5-8-12-18)15-16-22(23,3)19-13-9-6-10-14-19/h5-14,17H,15-16H2,1-4H3/t17?,21-,22-/m0/s1. The van der Waals surface area contributed by atoms with Gasteiger partial charge in [-0.05, 0) is 44.7 Å². The molecule has 2 aromatic carbocycles. The molecule has 2 aromatic rings. The van der Waals surface area contributed by atoms with Gasteiger partial charge in [0.15, 0.2) is 6.10 Å². The molecule has 1 fully saturated rings. The molecule has 138 valence electrons. The average molecular weight is 353 g/mol. The predicted octanol–water partition coefficient (Wildman–Crippen LogP) is 4.41. The fourth-order valence-electron chi connectivity index (χ4n) is 3.95. The van der Waals surface area contributed by atoms with Crippen molar-refractivity contribution in [3.63, 3.8) is 0 Å². The number of esters is 1. The molecule has 0 aliphatic carbocycles. The largest absolute Gasteiger partial charge is 0.467 e. The van der Waals surface area contributed by atoms with Gasteiger partial charge in [0, 0.05) is 0 Å². The van der Waals surface area contributed by atoms with Crippen molar-refractivity contribution in [2.75, 3.05) is 7.11 Å². The van der Waals surface area contributed by atoms with Crippen LogP contribution in [0.25, 0.3) is 0 Å². The number of ether oxygens (including phenoxy) is 1. The second-order valence-electron chi connectivity index (χ2n) is 7.34. The summed E-state index contributed by atoms with van der Waals surface area (Å²) in [6, 6.07) is 20.7. The van der Waals surface area contributed by atoms with E-state index in [-0.39, 0.29) is 17.0 Å². The van der Waals surface area contributed by atoms with Crippen LogP contribution in [-0.2, 0) is 25.4 Å². The fraction of sp³-hybridized carbons (Fsp3) is 0.409. The lowest BCUT2D eigenvalue weighted by atomic mass is 9.89. The number of hydroxylamine groups is 2. The third kappa shape index (κ3) is 3.15. The molecular weight excluding hydrogens is 326 g/mol. The summed E-state index contributed by atoms with van der Waals surface area (Å²) < 4.78 is 4.88. The van der Waals surface area contributed by atoms with E-state index in [0.29, 0.717) is 0 Å². The predicted molar refractivity (Wildman–Crippen MR) is 101 cm³/mol. The Bertz CT molecular complexity index is 695. The molecular formula is C22H27NO3. The topological polar surface area (TPSA) is 38.8 Å². The Kier molecular flexibility index (Phi) is 5.17. The molecule has 0 bridgehead atoms. The zero-order valence-electron chi connectivity index (χ0n) is 15.9. The van der Waals surface area contributed by atoms with Crippen molar-refractivity contribution >= 4 is 5.97 Å². The third-order valence-electron chi connectivity index (χ3n) is 5.58. The van der Waals surface area contributed by atoms with Crippen LogP contribution in [0.15, 0.2) is 60.7 Å². The highest BCUT2D eigenvalue weighted by Crippen LogP contribution is 2.52. The number of rotatable bonds is 5. The number of methoxy groups -OCH3 is 1. The van der Waals surface area contributed by atoms with Crippen molar-refractivity contribution in [3.05, 3.63) is 71.8 Å². The highest BCUT2D eigenvalue weighted by Gasteiger charge is 2.53. The molecule has 0 N–H and O–H groups in total. The summed E-state index contributed by atoms with van der Waals surface area (Å²) in [4.78, 5) is 18.3. The van der Waals surface area contributed by atoms with E-state index in [0.717, 1.165) is 12.8 Å². The molecule has 0 aromatic heterocycles. The number of nitrogens with zero attached hydrogens (tertiary/aromatic N) is 1. The van der Waals surface area contributed by atoms with Gasteiger partial charge in [-0.1, -0.05) is 60.7 Å². The molecule has 4 nitrogen and oxygen atoms in total. The summed E-state index contributed by atoms with van der Waals surface area (Å²) in [7, 11) is 1.39. The van der Waals surface area contributed by atoms with Gasteiger partial charge in [-0.15, -0.1) is 0 Å². The monoisotopic (exact) mass is 353 g/mol. The van der Waals surface area contributed by atoms with Gasteiger partial charge in [-0.3, -0.25) is 4.84 Å². The molecule has 0 radical (unpaired) electrons. The van der Waals surface area contributed by atoms with Crippen molar-refractivity contribution in [3.8, 4) is 0 Å². The SMILES string of the molecule is COC(=O)C(C)ON1[C@](C)(c2ccccc2)CC[C@@]1(C)c1ccccc1. The van der Waals surface area contributed by atoms with Crippen molar-refractivity contribution in [2.45, 2.75) is 50.8 Å². The maximum atomic E-state index is 12.0. The number of benzene rings is 2. The van der Waals surface area contributed by atoms with Gasteiger partial charge in [0.1, 0.15) is 0 Å². The van der Waals surface area contributed by atoms with E-state index in [9.17, 15) is 4.79 Å². The summed E-state index contributed by atoms with van der Waals surface area (Å²) in [6.45, 7) is 6.10. The maximum Gasteiger partial charge on any atom is 0.336 e. The Morgan fingerprint density at radius 3 is 1.73 bits per heavy atom. The van der Waals surface area contributed by atoms with E-state index >= 15 is 0 Å². The highest BCUT2D eigenvalue weighted by atomic mass is 16.7. The molecule has 3 rings (SSSR count). The molecule has 0 amide bonds.